The monoisotopic (exact) mass is 414 g/mol. The molecule has 1 aliphatic rings. The van der Waals surface area contributed by atoms with Crippen molar-refractivity contribution in [3.05, 3.63) is 47.8 Å². The highest BCUT2D eigenvalue weighted by molar-refractivity contribution is 7.89. The molecule has 1 atom stereocenters. The maximum absolute atomic E-state index is 13.2. The van der Waals surface area contributed by atoms with Gasteiger partial charge in [0.15, 0.2) is 0 Å². The molecule has 1 unspecified atom stereocenters. The van der Waals surface area contributed by atoms with E-state index < -0.39 is 10.0 Å². The van der Waals surface area contributed by atoms with Crippen molar-refractivity contribution in [1.29, 1.82) is 0 Å². The van der Waals surface area contributed by atoms with E-state index in [4.69, 9.17) is 4.74 Å². The molecule has 150 valence electrons. The summed E-state index contributed by atoms with van der Waals surface area (Å²) in [6, 6.07) is 7.97. The molecule has 3 rings (SSSR count). The van der Waals surface area contributed by atoms with Gasteiger partial charge in [-0.25, -0.2) is 8.42 Å². The van der Waals surface area contributed by atoms with Crippen LogP contribution >= 0.6 is 12.4 Å². The molecule has 1 aromatic heterocycles. The quantitative estimate of drug-likeness (QED) is 0.748. The molecule has 0 amide bonds. The van der Waals surface area contributed by atoms with Crippen molar-refractivity contribution in [3.8, 4) is 0 Å². The Labute approximate surface area is 167 Å². The third-order valence-electron chi connectivity index (χ3n) is 4.71. The number of hydrogen-bond acceptors (Lipinski definition) is 5. The number of aryl methyl sites for hydroxylation is 1. The Morgan fingerprint density at radius 2 is 2.04 bits per heavy atom. The molecule has 0 bridgehead atoms. The van der Waals surface area contributed by atoms with Crippen LogP contribution in [0, 0.1) is 0 Å². The minimum atomic E-state index is -3.61. The number of methoxy groups -OCH3 is 1. The topological polar surface area (TPSA) is 76.5 Å². The van der Waals surface area contributed by atoms with Crippen LogP contribution in [0.2, 0.25) is 0 Å². The first-order valence-corrected chi connectivity index (χ1v) is 10.3. The zero-order valence-corrected chi connectivity index (χ0v) is 17.3. The van der Waals surface area contributed by atoms with Crippen LogP contribution in [0.25, 0.3) is 0 Å². The van der Waals surface area contributed by atoms with Crippen LogP contribution in [0.4, 0.5) is 0 Å². The molecule has 0 aliphatic carbocycles. The summed E-state index contributed by atoms with van der Waals surface area (Å²) in [4.78, 5) is 0.227. The Bertz CT molecular complexity index is 823. The lowest BCUT2D eigenvalue weighted by molar-refractivity contribution is 0.183. The third kappa shape index (κ3) is 4.89. The van der Waals surface area contributed by atoms with Crippen LogP contribution in [0.5, 0.6) is 0 Å². The second kappa shape index (κ2) is 9.66. The minimum Gasteiger partial charge on any atom is -0.383 e. The number of nitrogens with one attached hydrogen (secondary N) is 1. The Kier molecular flexibility index (Phi) is 7.81. The van der Waals surface area contributed by atoms with Gasteiger partial charge in [0.05, 0.1) is 25.4 Å². The summed E-state index contributed by atoms with van der Waals surface area (Å²) in [5.74, 6) is 0. The van der Waals surface area contributed by atoms with Gasteiger partial charge in [-0.15, -0.1) is 12.4 Å². The maximum Gasteiger partial charge on any atom is 0.246 e. The SMILES string of the molecule is CCc1ccc(C2CNCCN2S(=O)(=O)c2cnn(CCOC)c2)cc1.Cl. The third-order valence-corrected chi connectivity index (χ3v) is 6.57. The molecule has 1 saturated heterocycles. The van der Waals surface area contributed by atoms with E-state index in [0.717, 1.165) is 12.0 Å². The first-order chi connectivity index (χ1) is 12.6. The number of aromatic nitrogens is 2. The fourth-order valence-electron chi connectivity index (χ4n) is 3.15. The zero-order valence-electron chi connectivity index (χ0n) is 15.7. The first kappa shape index (κ1) is 21.8. The Morgan fingerprint density at radius 3 is 2.70 bits per heavy atom. The number of hydrogen-bond donors (Lipinski definition) is 1. The van der Waals surface area contributed by atoms with Crippen molar-refractivity contribution >= 4 is 22.4 Å². The van der Waals surface area contributed by atoms with Crippen molar-refractivity contribution in [2.45, 2.75) is 30.8 Å². The lowest BCUT2D eigenvalue weighted by Crippen LogP contribution is -2.48. The van der Waals surface area contributed by atoms with Gasteiger partial charge < -0.3 is 10.1 Å². The molecule has 2 aromatic rings. The molecule has 2 heterocycles. The standard InChI is InChI=1S/C18H26N4O3S.ClH/c1-3-15-4-6-16(7-5-15)18-13-19-8-9-22(18)26(23,24)17-12-20-21(14-17)10-11-25-2;/h4-7,12,14,18-19H,3,8-11,13H2,1-2H3;1H. The van der Waals surface area contributed by atoms with E-state index in [1.54, 1.807) is 22.3 Å². The molecule has 0 spiro atoms. The fraction of sp³-hybridized carbons (Fsp3) is 0.500. The van der Waals surface area contributed by atoms with Crippen LogP contribution in [0.15, 0.2) is 41.6 Å². The molecule has 1 fully saturated rings. The lowest BCUT2D eigenvalue weighted by Gasteiger charge is -2.35. The number of halogens is 1. The summed E-state index contributed by atoms with van der Waals surface area (Å²) >= 11 is 0. The molecule has 1 N–H and O–H groups in total. The van der Waals surface area contributed by atoms with Crippen molar-refractivity contribution in [2.75, 3.05) is 33.4 Å². The van der Waals surface area contributed by atoms with Gasteiger partial charge in [0.1, 0.15) is 4.90 Å². The van der Waals surface area contributed by atoms with E-state index in [-0.39, 0.29) is 23.3 Å². The summed E-state index contributed by atoms with van der Waals surface area (Å²) in [5.41, 5.74) is 2.25. The number of benzene rings is 1. The zero-order chi connectivity index (χ0) is 18.6. The number of ether oxygens (including phenoxy) is 1. The molecular weight excluding hydrogens is 388 g/mol. The molecule has 1 aromatic carbocycles. The van der Waals surface area contributed by atoms with Gasteiger partial charge in [-0.1, -0.05) is 31.2 Å². The summed E-state index contributed by atoms with van der Waals surface area (Å²) in [6.07, 6.45) is 3.96. The van der Waals surface area contributed by atoms with E-state index in [1.807, 2.05) is 12.1 Å². The van der Waals surface area contributed by atoms with Gasteiger partial charge in [0.2, 0.25) is 10.0 Å². The molecule has 27 heavy (non-hydrogen) atoms. The van der Waals surface area contributed by atoms with E-state index in [2.05, 4.69) is 29.5 Å². The van der Waals surface area contributed by atoms with Crippen LogP contribution < -0.4 is 5.32 Å². The van der Waals surface area contributed by atoms with Gasteiger partial charge >= 0.3 is 0 Å². The van der Waals surface area contributed by atoms with E-state index in [9.17, 15) is 8.42 Å². The number of rotatable bonds is 7. The second-order valence-electron chi connectivity index (χ2n) is 6.36. The average molecular weight is 415 g/mol. The van der Waals surface area contributed by atoms with Crippen molar-refractivity contribution in [3.63, 3.8) is 0 Å². The molecular formula is C18H27ClN4O3S. The van der Waals surface area contributed by atoms with Gasteiger partial charge in [-0.2, -0.15) is 9.40 Å². The van der Waals surface area contributed by atoms with Gasteiger partial charge in [-0.05, 0) is 17.5 Å². The van der Waals surface area contributed by atoms with Crippen molar-refractivity contribution < 1.29 is 13.2 Å². The van der Waals surface area contributed by atoms with E-state index in [0.29, 0.717) is 32.8 Å². The summed E-state index contributed by atoms with van der Waals surface area (Å²) < 4.78 is 34.6. The molecule has 1 aliphatic heterocycles. The van der Waals surface area contributed by atoms with Crippen molar-refractivity contribution in [1.82, 2.24) is 19.4 Å². The summed E-state index contributed by atoms with van der Waals surface area (Å²) in [6.45, 7) is 4.79. The summed E-state index contributed by atoms with van der Waals surface area (Å²) in [5, 5.41) is 7.46. The largest absolute Gasteiger partial charge is 0.383 e. The summed E-state index contributed by atoms with van der Waals surface area (Å²) in [7, 11) is -2.00. The molecule has 9 heteroatoms. The van der Waals surface area contributed by atoms with E-state index >= 15 is 0 Å². The number of nitrogens with zero attached hydrogens (tertiary/aromatic N) is 3. The van der Waals surface area contributed by atoms with Crippen molar-refractivity contribution in [2.24, 2.45) is 0 Å². The molecule has 0 saturated carbocycles. The van der Waals surface area contributed by atoms with Gasteiger partial charge in [0, 0.05) is 32.9 Å². The second-order valence-corrected chi connectivity index (χ2v) is 8.25. The predicted molar refractivity (Wildman–Crippen MR) is 107 cm³/mol. The van der Waals surface area contributed by atoms with Gasteiger partial charge in [0.25, 0.3) is 0 Å². The van der Waals surface area contributed by atoms with Crippen LogP contribution in [0.1, 0.15) is 24.1 Å². The Balaban J connectivity index is 0.00000261. The molecule has 0 radical (unpaired) electrons. The van der Waals surface area contributed by atoms with Crippen LogP contribution in [-0.4, -0.2) is 55.9 Å². The lowest BCUT2D eigenvalue weighted by atomic mass is 10.0. The predicted octanol–water partition coefficient (Wildman–Crippen LogP) is 1.85. The normalized spacial score (nSPS) is 18.2. The minimum absolute atomic E-state index is 0. The van der Waals surface area contributed by atoms with Crippen LogP contribution in [0.3, 0.4) is 0 Å². The fourth-order valence-corrected chi connectivity index (χ4v) is 4.72. The Morgan fingerprint density at radius 1 is 1.30 bits per heavy atom. The average Bonchev–Trinajstić information content (AvgIpc) is 3.16. The van der Waals surface area contributed by atoms with Gasteiger partial charge in [-0.3, -0.25) is 4.68 Å². The number of sulfonamides is 1. The smallest absolute Gasteiger partial charge is 0.246 e. The molecule has 7 nitrogen and oxygen atoms in total. The highest BCUT2D eigenvalue weighted by Gasteiger charge is 2.35. The highest BCUT2D eigenvalue weighted by atomic mass is 35.5. The first-order valence-electron chi connectivity index (χ1n) is 8.89. The maximum atomic E-state index is 13.2. The Hall–Kier alpha value is -1.45. The number of piperazine rings is 1. The highest BCUT2D eigenvalue weighted by Crippen LogP contribution is 2.29. The van der Waals surface area contributed by atoms with E-state index in [1.165, 1.54) is 11.8 Å². The van der Waals surface area contributed by atoms with Crippen LogP contribution in [-0.2, 0) is 27.7 Å².